The van der Waals surface area contributed by atoms with Gasteiger partial charge in [-0.15, -0.1) is 11.6 Å². The van der Waals surface area contributed by atoms with Crippen molar-refractivity contribution in [1.82, 2.24) is 0 Å². The summed E-state index contributed by atoms with van der Waals surface area (Å²) < 4.78 is 4.79. The predicted octanol–water partition coefficient (Wildman–Crippen LogP) is 0.629. The van der Waals surface area contributed by atoms with Gasteiger partial charge >= 0.3 is 0 Å². The third kappa shape index (κ3) is 1.31. The van der Waals surface area contributed by atoms with E-state index in [9.17, 15) is 4.79 Å². The molecule has 1 atom stereocenters. The van der Waals surface area contributed by atoms with Crippen molar-refractivity contribution in [3.63, 3.8) is 0 Å². The molecule has 1 aliphatic rings. The van der Waals surface area contributed by atoms with Crippen molar-refractivity contribution in [2.45, 2.75) is 5.38 Å². The van der Waals surface area contributed by atoms with Crippen LogP contribution in [0.5, 0.6) is 0 Å². The number of ether oxygens (including phenoxy) is 1. The first-order valence-electron chi connectivity index (χ1n) is 3.11. The molecule has 0 spiro atoms. The van der Waals surface area contributed by atoms with Gasteiger partial charge in [-0.25, -0.2) is 4.99 Å². The van der Waals surface area contributed by atoms with Crippen LogP contribution in [0.2, 0.25) is 0 Å². The van der Waals surface area contributed by atoms with Gasteiger partial charge in [-0.1, -0.05) is 0 Å². The topological polar surface area (TPSA) is 62.4 Å². The molecule has 0 saturated carbocycles. The fourth-order valence-corrected chi connectivity index (χ4v) is 1.08. The van der Waals surface area contributed by atoms with Crippen LogP contribution >= 0.6 is 11.6 Å². The molecule has 1 heterocycles. The van der Waals surface area contributed by atoms with Crippen LogP contribution in [-0.4, -0.2) is 24.6 Å². The number of allylic oxidation sites excluding steroid dienone is 1. The summed E-state index contributed by atoms with van der Waals surface area (Å²) in [6.45, 7) is 0. The summed E-state index contributed by atoms with van der Waals surface area (Å²) in [7, 11) is 1.36. The first kappa shape index (κ1) is 8.75. The molecule has 1 unspecified atom stereocenters. The molecule has 0 aromatic rings. The van der Waals surface area contributed by atoms with Crippen molar-refractivity contribution in [3.05, 3.63) is 11.3 Å². The molecule has 1 aliphatic heterocycles. The van der Waals surface area contributed by atoms with E-state index in [0.717, 1.165) is 0 Å². The van der Waals surface area contributed by atoms with E-state index in [4.69, 9.17) is 21.6 Å². The molecule has 1 amide bonds. The van der Waals surface area contributed by atoms with E-state index in [-0.39, 0.29) is 11.3 Å². The lowest BCUT2D eigenvalue weighted by atomic mass is 10.1. The van der Waals surface area contributed by atoms with Gasteiger partial charge in [-0.05, 0) is 0 Å². The maximum absolute atomic E-state index is 10.9. The van der Waals surface area contributed by atoms with Gasteiger partial charge in [0.05, 0.1) is 7.11 Å². The molecule has 0 aliphatic carbocycles. The molecular formula is C7H5ClN2O2. The highest BCUT2D eigenvalue weighted by Crippen LogP contribution is 2.18. The Kier molecular flexibility index (Phi) is 2.46. The number of hydrogen-bond donors (Lipinski definition) is 0. The largest absolute Gasteiger partial charge is 0.498 e. The Bertz CT molecular complexity index is 314. The van der Waals surface area contributed by atoms with E-state index in [1.807, 2.05) is 0 Å². The minimum Gasteiger partial charge on any atom is -0.498 e. The van der Waals surface area contributed by atoms with Gasteiger partial charge in [-0.3, -0.25) is 4.79 Å². The molecule has 0 fully saturated rings. The second kappa shape index (κ2) is 3.37. The lowest BCUT2D eigenvalue weighted by molar-refractivity contribution is -0.114. The summed E-state index contributed by atoms with van der Waals surface area (Å²) in [5.74, 6) is -0.439. The van der Waals surface area contributed by atoms with E-state index in [0.29, 0.717) is 0 Å². The number of rotatable bonds is 1. The highest BCUT2D eigenvalue weighted by molar-refractivity contribution is 6.32. The van der Waals surface area contributed by atoms with E-state index < -0.39 is 11.3 Å². The Morgan fingerprint density at radius 1 is 1.83 bits per heavy atom. The summed E-state index contributed by atoms with van der Waals surface area (Å²) in [5, 5.41) is 7.92. The summed E-state index contributed by atoms with van der Waals surface area (Å²) in [6.07, 6.45) is 1.24. The Morgan fingerprint density at radius 2 is 2.50 bits per heavy atom. The van der Waals surface area contributed by atoms with Gasteiger partial charge in [0.2, 0.25) is 0 Å². The van der Waals surface area contributed by atoms with Gasteiger partial charge < -0.3 is 4.74 Å². The SMILES string of the molecule is COC1=C(C#N)C(=O)N=CC1Cl. The van der Waals surface area contributed by atoms with Gasteiger partial charge in [0.15, 0.2) is 5.57 Å². The number of dihydropyridines is 1. The molecule has 0 radical (unpaired) electrons. The molecule has 0 bridgehead atoms. The first-order valence-corrected chi connectivity index (χ1v) is 3.55. The number of amides is 1. The van der Waals surface area contributed by atoms with Crippen molar-refractivity contribution in [2.24, 2.45) is 4.99 Å². The second-order valence-electron chi connectivity index (χ2n) is 2.04. The summed E-state index contributed by atoms with van der Waals surface area (Å²) in [4.78, 5) is 14.3. The van der Waals surface area contributed by atoms with Crippen LogP contribution in [0.1, 0.15) is 0 Å². The van der Waals surface area contributed by atoms with E-state index in [2.05, 4.69) is 4.99 Å². The first-order chi connectivity index (χ1) is 5.70. The maximum Gasteiger partial charge on any atom is 0.290 e. The lowest BCUT2D eigenvalue weighted by Gasteiger charge is -2.12. The van der Waals surface area contributed by atoms with Crippen molar-refractivity contribution in [2.75, 3.05) is 7.11 Å². The normalized spacial score (nSPS) is 22.4. The molecular weight excluding hydrogens is 180 g/mol. The van der Waals surface area contributed by atoms with Crippen molar-refractivity contribution >= 4 is 23.7 Å². The molecule has 12 heavy (non-hydrogen) atoms. The Morgan fingerprint density at radius 3 is 2.92 bits per heavy atom. The summed E-state index contributed by atoms with van der Waals surface area (Å²) in [6, 6.07) is 1.69. The van der Waals surface area contributed by atoms with Crippen molar-refractivity contribution < 1.29 is 9.53 Å². The standard InChI is InChI=1S/C7H5ClN2O2/c1-12-6-4(2-9)7(11)10-3-5(6)8/h3,5H,1H3. The highest BCUT2D eigenvalue weighted by atomic mass is 35.5. The number of nitriles is 1. The average molecular weight is 185 g/mol. The second-order valence-corrected chi connectivity index (χ2v) is 2.51. The van der Waals surface area contributed by atoms with Crippen LogP contribution in [0.3, 0.4) is 0 Å². The number of hydrogen-bond acceptors (Lipinski definition) is 3. The third-order valence-electron chi connectivity index (χ3n) is 1.37. The molecule has 0 aromatic carbocycles. The monoisotopic (exact) mass is 184 g/mol. The molecule has 0 N–H and O–H groups in total. The van der Waals surface area contributed by atoms with Crippen LogP contribution < -0.4 is 0 Å². The quantitative estimate of drug-likeness (QED) is 0.562. The maximum atomic E-state index is 10.9. The van der Waals surface area contributed by atoms with E-state index in [1.54, 1.807) is 6.07 Å². The Balaban J connectivity index is 3.13. The number of aliphatic imine (C=N–C) groups is 1. The van der Waals surface area contributed by atoms with E-state index in [1.165, 1.54) is 13.3 Å². The van der Waals surface area contributed by atoms with Gasteiger partial charge in [-0.2, -0.15) is 5.26 Å². The molecule has 5 heteroatoms. The van der Waals surface area contributed by atoms with Crippen LogP contribution in [0.25, 0.3) is 0 Å². The number of alkyl halides is 1. The molecule has 0 aromatic heterocycles. The van der Waals surface area contributed by atoms with E-state index >= 15 is 0 Å². The van der Waals surface area contributed by atoms with Gasteiger partial charge in [0.1, 0.15) is 17.2 Å². The third-order valence-corrected chi connectivity index (χ3v) is 1.68. The zero-order chi connectivity index (χ0) is 9.14. The molecule has 0 saturated heterocycles. The zero-order valence-electron chi connectivity index (χ0n) is 6.24. The Hall–Kier alpha value is -1.34. The van der Waals surface area contributed by atoms with Crippen LogP contribution in [-0.2, 0) is 9.53 Å². The average Bonchev–Trinajstić information content (AvgIpc) is 2.08. The Labute approximate surface area is 74.1 Å². The highest BCUT2D eigenvalue weighted by Gasteiger charge is 2.25. The fraction of sp³-hybridized carbons (Fsp3) is 0.286. The molecule has 1 rings (SSSR count). The van der Waals surface area contributed by atoms with Crippen LogP contribution in [0, 0.1) is 11.3 Å². The van der Waals surface area contributed by atoms with Gasteiger partial charge in [0, 0.05) is 6.21 Å². The number of nitrogens with zero attached hydrogens (tertiary/aromatic N) is 2. The van der Waals surface area contributed by atoms with Crippen molar-refractivity contribution in [3.8, 4) is 6.07 Å². The fourth-order valence-electron chi connectivity index (χ4n) is 0.826. The lowest BCUT2D eigenvalue weighted by Crippen LogP contribution is -2.18. The number of halogens is 1. The minimum absolute atomic E-state index is 0.125. The van der Waals surface area contributed by atoms with Crippen LogP contribution in [0.15, 0.2) is 16.3 Å². The number of methoxy groups -OCH3 is 1. The predicted molar refractivity (Wildman–Crippen MR) is 42.8 cm³/mol. The summed E-state index contributed by atoms with van der Waals surface area (Å²) in [5.41, 5.74) is -0.125. The van der Waals surface area contributed by atoms with Crippen molar-refractivity contribution in [1.29, 1.82) is 5.26 Å². The van der Waals surface area contributed by atoms with Gasteiger partial charge in [0.25, 0.3) is 5.91 Å². The molecule has 62 valence electrons. The summed E-state index contributed by atoms with van der Waals surface area (Å²) >= 11 is 5.69. The van der Waals surface area contributed by atoms with Crippen LogP contribution in [0.4, 0.5) is 0 Å². The minimum atomic E-state index is -0.623. The number of carbonyl (C=O) groups excluding carboxylic acids is 1. The molecule has 4 nitrogen and oxygen atoms in total. The smallest absolute Gasteiger partial charge is 0.290 e. The number of carbonyl (C=O) groups is 1. The zero-order valence-corrected chi connectivity index (χ0v) is 7.00.